The van der Waals surface area contributed by atoms with E-state index in [0.29, 0.717) is 9.54 Å². The second kappa shape index (κ2) is 10.3. The Morgan fingerprint density at radius 3 is 2.03 bits per heavy atom. The summed E-state index contributed by atoms with van der Waals surface area (Å²) in [5, 5.41) is 1.72. The van der Waals surface area contributed by atoms with Gasteiger partial charge in [0.2, 0.25) is 0 Å². The number of rotatable bonds is 2. The van der Waals surface area contributed by atoms with Gasteiger partial charge in [0.1, 0.15) is 0 Å². The van der Waals surface area contributed by atoms with Gasteiger partial charge in [-0.25, -0.2) is 0 Å². The standard InChI is InChI=1S/C32H37Si.2ClH.Zr/c1-31(2,3)22-15-13-21-17-27-26(25(21)18-22)19-28(32(4,5)6)30(33(7)8)29(27)24-16-14-20-11-9-10-12-23(20)24;;;/h9-19,24,33H,1-8H3;2*1H;/q;;;+2/p-2. The summed E-state index contributed by atoms with van der Waals surface area (Å²) in [6, 6.07) is 19.0. The van der Waals surface area contributed by atoms with Crippen LogP contribution in [0.4, 0.5) is 0 Å². The average molecular weight is 612 g/mol. The molecule has 3 aromatic carbocycles. The van der Waals surface area contributed by atoms with E-state index in [2.05, 4.69) is 115 Å². The number of benzene rings is 3. The SMILES string of the molecule is C[SiH](C)c1c(C(C)(C)C)cc2c(c1C1C=Cc3ccccc31)[CH]([Zr+2])c1ccc(C(C)(C)C)cc1-2.[Cl-].[Cl-]. The molecule has 0 aromatic heterocycles. The molecule has 2 aliphatic carbocycles. The zero-order valence-electron chi connectivity index (χ0n) is 22.8. The van der Waals surface area contributed by atoms with Gasteiger partial charge in [0.05, 0.1) is 0 Å². The summed E-state index contributed by atoms with van der Waals surface area (Å²) in [5.74, 6) is 0.372. The van der Waals surface area contributed by atoms with Gasteiger partial charge in [-0.1, -0.05) is 0 Å². The Morgan fingerprint density at radius 1 is 0.750 bits per heavy atom. The number of allylic oxidation sites excluding steroid dienone is 1. The van der Waals surface area contributed by atoms with Crippen molar-refractivity contribution < 1.29 is 49.5 Å². The molecule has 4 heteroatoms. The Hall–Kier alpha value is -0.920. The van der Waals surface area contributed by atoms with Gasteiger partial charge in [-0.3, -0.25) is 0 Å². The Morgan fingerprint density at radius 2 is 1.42 bits per heavy atom. The van der Waals surface area contributed by atoms with Crippen molar-refractivity contribution in [2.45, 2.75) is 75.0 Å². The van der Waals surface area contributed by atoms with Crippen LogP contribution in [0.15, 0.2) is 54.6 Å². The van der Waals surface area contributed by atoms with E-state index in [9.17, 15) is 0 Å². The van der Waals surface area contributed by atoms with Crippen LogP contribution in [0.1, 0.15) is 90.0 Å². The molecule has 2 atom stereocenters. The number of hydrogen-bond donors (Lipinski definition) is 0. The minimum absolute atomic E-state index is 0. The van der Waals surface area contributed by atoms with E-state index in [1.807, 2.05) is 0 Å². The van der Waals surface area contributed by atoms with Gasteiger partial charge < -0.3 is 24.8 Å². The molecule has 0 fully saturated rings. The van der Waals surface area contributed by atoms with Gasteiger partial charge in [-0.15, -0.1) is 0 Å². The largest absolute Gasteiger partial charge is 1.00 e. The van der Waals surface area contributed by atoms with Crippen molar-refractivity contribution in [1.82, 2.24) is 0 Å². The van der Waals surface area contributed by atoms with E-state index in [-0.39, 0.29) is 35.6 Å². The fourth-order valence-corrected chi connectivity index (χ4v) is 9.49. The van der Waals surface area contributed by atoms with Gasteiger partial charge in [0, 0.05) is 0 Å². The van der Waals surface area contributed by atoms with Crippen LogP contribution < -0.4 is 30.0 Å². The molecule has 36 heavy (non-hydrogen) atoms. The number of hydrogen-bond acceptors (Lipinski definition) is 0. The van der Waals surface area contributed by atoms with Gasteiger partial charge in [0.15, 0.2) is 0 Å². The third-order valence-corrected chi connectivity index (χ3v) is 11.0. The number of halogens is 2. The molecular formula is C32H37Cl2SiZr. The number of fused-ring (bicyclic) bond motifs is 4. The minimum Gasteiger partial charge on any atom is -1.00 e. The summed E-state index contributed by atoms with van der Waals surface area (Å²) < 4.78 is 0.517. The van der Waals surface area contributed by atoms with Gasteiger partial charge in [-0.2, -0.15) is 0 Å². The molecule has 3 aromatic rings. The Labute approximate surface area is 247 Å². The zero-order valence-corrected chi connectivity index (χ0v) is 27.9. The molecular weight excluding hydrogens is 575 g/mol. The van der Waals surface area contributed by atoms with Crippen LogP contribution in [-0.2, 0) is 35.5 Å². The molecule has 0 saturated heterocycles. The zero-order chi connectivity index (χ0) is 24.6. The second-order valence-corrected chi connectivity index (χ2v) is 16.9. The Balaban J connectivity index is 0.00000180. The molecule has 0 N–H and O–H groups in total. The van der Waals surface area contributed by atoms with Gasteiger partial charge in [0.25, 0.3) is 0 Å². The molecule has 2 aliphatic rings. The van der Waals surface area contributed by atoms with Crippen LogP contribution in [0, 0.1) is 0 Å². The van der Waals surface area contributed by atoms with Crippen LogP contribution in [0.25, 0.3) is 17.2 Å². The first kappa shape index (κ1) is 29.6. The maximum Gasteiger partial charge on any atom is -1.00 e. The van der Waals surface area contributed by atoms with Gasteiger partial charge >= 0.3 is 224 Å². The molecule has 0 amide bonds. The predicted octanol–water partition coefficient (Wildman–Crippen LogP) is 1.76. The molecule has 2 unspecified atom stereocenters. The van der Waals surface area contributed by atoms with Crippen molar-refractivity contribution in [3.05, 3.63) is 93.6 Å². The third-order valence-electron chi connectivity index (χ3n) is 7.75. The maximum absolute atomic E-state index is 2.61. The first-order valence-corrected chi connectivity index (χ1v) is 17.0. The molecule has 0 heterocycles. The molecule has 0 spiro atoms. The Bertz CT molecular complexity index is 1330. The summed E-state index contributed by atoms with van der Waals surface area (Å²) in [5.41, 5.74) is 14.0. The van der Waals surface area contributed by atoms with E-state index >= 15 is 0 Å². The quantitative estimate of drug-likeness (QED) is 0.388. The van der Waals surface area contributed by atoms with E-state index in [1.54, 1.807) is 52.2 Å². The van der Waals surface area contributed by atoms with Crippen LogP contribution in [-0.4, -0.2) is 8.80 Å². The van der Waals surface area contributed by atoms with E-state index in [1.165, 1.54) is 27.8 Å². The summed E-state index contributed by atoms with van der Waals surface area (Å²) in [6.07, 6.45) is 4.85. The monoisotopic (exact) mass is 609 g/mol. The van der Waals surface area contributed by atoms with Crippen molar-refractivity contribution in [3.8, 4) is 11.1 Å². The average Bonchev–Trinajstić information content (AvgIpc) is 3.30. The van der Waals surface area contributed by atoms with E-state index in [4.69, 9.17) is 0 Å². The van der Waals surface area contributed by atoms with Crippen LogP contribution in [0.5, 0.6) is 0 Å². The second-order valence-electron chi connectivity index (χ2n) is 12.6. The summed E-state index contributed by atoms with van der Waals surface area (Å²) in [4.78, 5) is 0. The van der Waals surface area contributed by atoms with Crippen molar-refractivity contribution in [2.24, 2.45) is 0 Å². The summed E-state index contributed by atoms with van der Waals surface area (Å²) in [6.45, 7) is 19.3. The van der Waals surface area contributed by atoms with Crippen molar-refractivity contribution in [3.63, 3.8) is 0 Å². The van der Waals surface area contributed by atoms with Crippen molar-refractivity contribution in [1.29, 1.82) is 0 Å². The van der Waals surface area contributed by atoms with Crippen molar-refractivity contribution >= 4 is 20.1 Å². The van der Waals surface area contributed by atoms with Crippen LogP contribution in [0.2, 0.25) is 13.1 Å². The summed E-state index contributed by atoms with van der Waals surface area (Å²) in [7, 11) is -1.10. The summed E-state index contributed by atoms with van der Waals surface area (Å²) >= 11 is 1.60. The molecule has 0 radical (unpaired) electrons. The van der Waals surface area contributed by atoms with Crippen LogP contribution >= 0.6 is 0 Å². The van der Waals surface area contributed by atoms with Gasteiger partial charge in [-0.05, 0) is 0 Å². The normalized spacial score (nSPS) is 17.9. The van der Waals surface area contributed by atoms with E-state index < -0.39 is 8.80 Å². The molecule has 0 saturated carbocycles. The molecule has 187 valence electrons. The fraction of sp³-hybridized carbons (Fsp3) is 0.375. The van der Waals surface area contributed by atoms with E-state index in [0.717, 1.165) is 0 Å². The maximum atomic E-state index is 2.61. The third kappa shape index (κ3) is 4.82. The topological polar surface area (TPSA) is 0 Å². The predicted molar refractivity (Wildman–Crippen MR) is 147 cm³/mol. The molecule has 0 bridgehead atoms. The van der Waals surface area contributed by atoms with Crippen LogP contribution in [0.3, 0.4) is 0 Å². The molecule has 0 nitrogen and oxygen atoms in total. The minimum atomic E-state index is -1.10. The smallest absolute Gasteiger partial charge is 1.00 e. The first-order valence-electron chi connectivity index (χ1n) is 12.7. The first-order chi connectivity index (χ1) is 15.9. The molecule has 0 aliphatic heterocycles. The molecule has 5 rings (SSSR count). The Kier molecular flexibility index (Phi) is 8.50. The fourth-order valence-electron chi connectivity index (χ4n) is 6.01. The van der Waals surface area contributed by atoms with Crippen molar-refractivity contribution in [2.75, 3.05) is 0 Å².